The molecule has 2 bridgehead atoms. The SMILES string of the molecule is O=C(COc1ccc(Cl)c(F)c1)NC12CCC(NC(=O)[C@H]3CC(=O)c4cc(Cl)ccc4O3)(C1)C2. The maximum absolute atomic E-state index is 13.5. The fourth-order valence-corrected chi connectivity index (χ4v) is 5.50. The lowest BCUT2D eigenvalue weighted by Gasteiger charge is -2.48. The van der Waals surface area contributed by atoms with Gasteiger partial charge in [-0.2, -0.15) is 0 Å². The van der Waals surface area contributed by atoms with Gasteiger partial charge in [-0.15, -0.1) is 0 Å². The molecular weight excluding hydrogens is 486 g/mol. The predicted molar refractivity (Wildman–Crippen MR) is 122 cm³/mol. The van der Waals surface area contributed by atoms with E-state index in [2.05, 4.69) is 10.6 Å². The Morgan fingerprint density at radius 3 is 2.56 bits per heavy atom. The van der Waals surface area contributed by atoms with Gasteiger partial charge in [0, 0.05) is 22.2 Å². The summed E-state index contributed by atoms with van der Waals surface area (Å²) in [6.07, 6.45) is 1.61. The van der Waals surface area contributed by atoms with Crippen LogP contribution in [0, 0.1) is 5.82 Å². The Morgan fingerprint density at radius 2 is 1.82 bits per heavy atom. The van der Waals surface area contributed by atoms with Gasteiger partial charge in [-0.25, -0.2) is 4.39 Å². The van der Waals surface area contributed by atoms with Crippen LogP contribution in [0.4, 0.5) is 4.39 Å². The highest BCUT2D eigenvalue weighted by molar-refractivity contribution is 6.31. The van der Waals surface area contributed by atoms with Crippen LogP contribution in [0.25, 0.3) is 0 Å². The molecule has 1 heterocycles. The van der Waals surface area contributed by atoms with E-state index in [0.717, 1.165) is 6.07 Å². The minimum absolute atomic E-state index is 0.0221. The van der Waals surface area contributed by atoms with E-state index in [1.54, 1.807) is 18.2 Å². The summed E-state index contributed by atoms with van der Waals surface area (Å²) >= 11 is 11.6. The van der Waals surface area contributed by atoms with Crippen molar-refractivity contribution in [3.8, 4) is 11.5 Å². The van der Waals surface area contributed by atoms with Gasteiger partial charge in [0.05, 0.1) is 17.0 Å². The molecule has 1 aliphatic heterocycles. The summed E-state index contributed by atoms with van der Waals surface area (Å²) in [6, 6.07) is 8.71. The summed E-state index contributed by atoms with van der Waals surface area (Å²) in [5.41, 5.74) is -0.465. The van der Waals surface area contributed by atoms with Gasteiger partial charge in [0.1, 0.15) is 17.3 Å². The first-order chi connectivity index (χ1) is 16.2. The van der Waals surface area contributed by atoms with E-state index < -0.39 is 23.0 Å². The van der Waals surface area contributed by atoms with Crippen LogP contribution in [0.5, 0.6) is 11.5 Å². The molecule has 2 N–H and O–H groups in total. The molecule has 3 aliphatic carbocycles. The smallest absolute Gasteiger partial charge is 0.261 e. The Morgan fingerprint density at radius 1 is 1.09 bits per heavy atom. The first-order valence-corrected chi connectivity index (χ1v) is 11.6. The third-order valence-corrected chi connectivity index (χ3v) is 7.21. The number of carbonyl (C=O) groups excluding carboxylic acids is 3. The van der Waals surface area contributed by atoms with Crippen molar-refractivity contribution >= 4 is 40.8 Å². The van der Waals surface area contributed by atoms with Crippen molar-refractivity contribution < 1.29 is 28.2 Å². The van der Waals surface area contributed by atoms with Gasteiger partial charge in [-0.05, 0) is 56.0 Å². The standard InChI is InChI=1S/C24H21Cl2FN2O5/c25-13-1-4-19-15(7-13)18(30)9-20(34-19)22(32)29-24-6-5-23(11-24,12-24)28-21(31)10-33-14-2-3-16(26)17(27)8-14/h1-4,7-8,20H,5-6,9-12H2,(H,28,31)(H,29,32)/t20-,23?,24?/m1/s1. The molecular formula is C24H21Cl2FN2O5. The summed E-state index contributed by atoms with van der Waals surface area (Å²) in [5.74, 6) is -0.923. The molecule has 2 aromatic rings. The molecule has 0 radical (unpaired) electrons. The number of Topliss-reactive ketones (excluding diaryl/α,β-unsaturated/α-hetero) is 1. The zero-order valence-corrected chi connectivity index (χ0v) is 19.5. The lowest BCUT2D eigenvalue weighted by Crippen LogP contribution is -2.66. The van der Waals surface area contributed by atoms with Gasteiger partial charge in [-0.3, -0.25) is 14.4 Å². The van der Waals surface area contributed by atoms with Gasteiger partial charge in [0.25, 0.3) is 11.8 Å². The quantitative estimate of drug-likeness (QED) is 0.620. The Hall–Kier alpha value is -2.84. The summed E-state index contributed by atoms with van der Waals surface area (Å²) < 4.78 is 24.6. The second kappa shape index (κ2) is 8.43. The van der Waals surface area contributed by atoms with E-state index in [1.807, 2.05) is 0 Å². The number of hydrogen-bond donors (Lipinski definition) is 2. The molecule has 178 valence electrons. The number of rotatable bonds is 6. The summed E-state index contributed by atoms with van der Waals surface area (Å²) in [4.78, 5) is 37.7. The molecule has 0 spiro atoms. The molecule has 3 fully saturated rings. The van der Waals surface area contributed by atoms with Crippen LogP contribution in [0.15, 0.2) is 36.4 Å². The number of fused-ring (bicyclic) bond motifs is 2. The molecule has 6 rings (SSSR count). The van der Waals surface area contributed by atoms with Gasteiger partial charge in [0.15, 0.2) is 18.5 Å². The molecule has 0 aromatic heterocycles. The molecule has 0 saturated heterocycles. The molecule has 4 aliphatic rings. The molecule has 3 saturated carbocycles. The highest BCUT2D eigenvalue weighted by atomic mass is 35.5. The van der Waals surface area contributed by atoms with E-state index in [9.17, 15) is 18.8 Å². The molecule has 0 unspecified atom stereocenters. The molecule has 2 aromatic carbocycles. The summed E-state index contributed by atoms with van der Waals surface area (Å²) in [6.45, 7) is -0.260. The molecule has 10 heteroatoms. The lowest BCUT2D eigenvalue weighted by molar-refractivity contribution is -0.132. The van der Waals surface area contributed by atoms with E-state index in [4.69, 9.17) is 32.7 Å². The monoisotopic (exact) mass is 506 g/mol. The molecule has 34 heavy (non-hydrogen) atoms. The average Bonchev–Trinajstić information content (AvgIpc) is 3.29. The third-order valence-electron chi connectivity index (χ3n) is 6.66. The van der Waals surface area contributed by atoms with Crippen molar-refractivity contribution in [2.45, 2.75) is 49.3 Å². The van der Waals surface area contributed by atoms with Crippen molar-refractivity contribution in [1.82, 2.24) is 10.6 Å². The Bertz CT molecular complexity index is 1200. The lowest BCUT2D eigenvalue weighted by atomic mass is 9.71. The Labute approximate surface area is 204 Å². The number of nitrogens with one attached hydrogen (secondary N) is 2. The Balaban J connectivity index is 1.13. The zero-order valence-electron chi connectivity index (χ0n) is 18.0. The van der Waals surface area contributed by atoms with Crippen molar-refractivity contribution in [1.29, 1.82) is 0 Å². The zero-order chi connectivity index (χ0) is 24.1. The first-order valence-electron chi connectivity index (χ1n) is 10.9. The van der Waals surface area contributed by atoms with Gasteiger partial charge in [-0.1, -0.05) is 23.2 Å². The molecule has 2 amide bonds. The van der Waals surface area contributed by atoms with Crippen LogP contribution in [0.1, 0.15) is 42.5 Å². The fraction of sp³-hybridized carbons (Fsp3) is 0.375. The van der Waals surface area contributed by atoms with Crippen LogP contribution < -0.4 is 20.1 Å². The van der Waals surface area contributed by atoms with Crippen molar-refractivity contribution in [2.24, 2.45) is 0 Å². The number of amides is 2. The van der Waals surface area contributed by atoms with Crippen LogP contribution in [0.3, 0.4) is 0 Å². The largest absolute Gasteiger partial charge is 0.484 e. The number of halogens is 3. The van der Waals surface area contributed by atoms with Crippen molar-refractivity contribution in [3.05, 3.63) is 57.8 Å². The van der Waals surface area contributed by atoms with E-state index in [1.165, 1.54) is 12.1 Å². The average molecular weight is 507 g/mol. The van der Waals surface area contributed by atoms with Crippen molar-refractivity contribution in [3.63, 3.8) is 0 Å². The molecule has 1 atom stereocenters. The minimum atomic E-state index is -0.908. The van der Waals surface area contributed by atoms with Crippen LogP contribution in [-0.4, -0.2) is 41.4 Å². The third kappa shape index (κ3) is 4.32. The highest BCUT2D eigenvalue weighted by Crippen LogP contribution is 2.55. The van der Waals surface area contributed by atoms with E-state index >= 15 is 0 Å². The highest BCUT2D eigenvalue weighted by Gasteiger charge is 2.62. The Kier molecular flexibility index (Phi) is 5.68. The first kappa shape index (κ1) is 22.9. The van der Waals surface area contributed by atoms with Crippen LogP contribution in [-0.2, 0) is 9.59 Å². The predicted octanol–water partition coefficient (Wildman–Crippen LogP) is 3.84. The summed E-state index contributed by atoms with van der Waals surface area (Å²) in [5, 5.41) is 6.44. The molecule has 7 nitrogen and oxygen atoms in total. The topological polar surface area (TPSA) is 93.7 Å². The van der Waals surface area contributed by atoms with Crippen molar-refractivity contribution in [2.75, 3.05) is 6.61 Å². The maximum atomic E-state index is 13.5. The fourth-order valence-electron chi connectivity index (χ4n) is 5.21. The number of benzene rings is 2. The van der Waals surface area contributed by atoms with Gasteiger partial charge >= 0.3 is 0 Å². The number of hydrogen-bond acceptors (Lipinski definition) is 5. The normalized spacial score (nSPS) is 26.7. The summed E-state index contributed by atoms with van der Waals surface area (Å²) in [7, 11) is 0. The van der Waals surface area contributed by atoms with Crippen LogP contribution in [0.2, 0.25) is 10.0 Å². The number of ether oxygens (including phenoxy) is 2. The number of carbonyl (C=O) groups is 3. The second-order valence-electron chi connectivity index (χ2n) is 9.19. The van der Waals surface area contributed by atoms with E-state index in [0.29, 0.717) is 42.0 Å². The van der Waals surface area contributed by atoms with Crippen LogP contribution >= 0.6 is 23.2 Å². The maximum Gasteiger partial charge on any atom is 0.261 e. The number of ketones is 1. The van der Waals surface area contributed by atoms with E-state index in [-0.39, 0.29) is 41.4 Å². The van der Waals surface area contributed by atoms with Gasteiger partial charge in [0.2, 0.25) is 0 Å². The van der Waals surface area contributed by atoms with Gasteiger partial charge < -0.3 is 20.1 Å². The minimum Gasteiger partial charge on any atom is -0.484 e. The second-order valence-corrected chi connectivity index (χ2v) is 10.0.